The van der Waals surface area contributed by atoms with Gasteiger partial charge in [-0.05, 0) is 25.3 Å². The van der Waals surface area contributed by atoms with Crippen LogP contribution >= 0.6 is 11.3 Å². The van der Waals surface area contributed by atoms with E-state index >= 15 is 0 Å². The molecule has 0 aliphatic carbocycles. The minimum atomic E-state index is -0.0827. The summed E-state index contributed by atoms with van der Waals surface area (Å²) in [5.41, 5.74) is 0.146. The van der Waals surface area contributed by atoms with E-state index in [0.29, 0.717) is 0 Å². The summed E-state index contributed by atoms with van der Waals surface area (Å²) in [7, 11) is 1.85. The van der Waals surface area contributed by atoms with Crippen LogP contribution in [-0.4, -0.2) is 30.5 Å². The zero-order valence-electron chi connectivity index (χ0n) is 10.6. The summed E-state index contributed by atoms with van der Waals surface area (Å²) in [5, 5.41) is 5.83. The number of likely N-dealkylation sites (N-methyl/N-ethyl adjacent to an activating group) is 1. The third kappa shape index (κ3) is 2.66. The topological polar surface area (TPSA) is 45.2 Å². The van der Waals surface area contributed by atoms with Crippen LogP contribution in [0.4, 0.5) is 5.13 Å². The van der Waals surface area contributed by atoms with E-state index in [1.165, 1.54) is 11.3 Å². The number of hydrogen-bond acceptors (Lipinski definition) is 4. The predicted octanol–water partition coefficient (Wildman–Crippen LogP) is 1.88. The highest BCUT2D eigenvalue weighted by Gasteiger charge is 2.35. The van der Waals surface area contributed by atoms with Crippen LogP contribution in [0.2, 0.25) is 0 Å². The average molecular weight is 253 g/mol. The van der Waals surface area contributed by atoms with Gasteiger partial charge in [-0.1, -0.05) is 13.8 Å². The molecule has 1 aromatic heterocycles. The van der Waals surface area contributed by atoms with Gasteiger partial charge in [0.25, 0.3) is 0 Å². The Morgan fingerprint density at radius 2 is 2.35 bits per heavy atom. The first-order valence-electron chi connectivity index (χ1n) is 5.92. The molecule has 0 saturated carbocycles. The van der Waals surface area contributed by atoms with Crippen LogP contribution in [-0.2, 0) is 4.79 Å². The Kier molecular flexibility index (Phi) is 3.49. The molecule has 2 heterocycles. The van der Waals surface area contributed by atoms with E-state index in [-0.39, 0.29) is 17.4 Å². The number of rotatable bonds is 2. The summed E-state index contributed by atoms with van der Waals surface area (Å²) in [4.78, 5) is 18.5. The summed E-state index contributed by atoms with van der Waals surface area (Å²) in [6.07, 6.45) is 3.69. The maximum absolute atomic E-state index is 12.4. The number of nitrogens with zero attached hydrogens (tertiary/aromatic N) is 2. The first-order valence-corrected chi connectivity index (χ1v) is 6.79. The number of amides is 1. The highest BCUT2D eigenvalue weighted by Crippen LogP contribution is 2.32. The van der Waals surface area contributed by atoms with E-state index in [0.717, 1.165) is 24.5 Å². The fourth-order valence-electron chi connectivity index (χ4n) is 2.21. The molecule has 1 saturated heterocycles. The van der Waals surface area contributed by atoms with Crippen LogP contribution in [0.1, 0.15) is 26.7 Å². The van der Waals surface area contributed by atoms with Crippen LogP contribution in [0.3, 0.4) is 0 Å². The first kappa shape index (κ1) is 12.5. The maximum Gasteiger partial charge on any atom is 0.245 e. The Labute approximate surface area is 106 Å². The summed E-state index contributed by atoms with van der Waals surface area (Å²) in [5.74, 6) is 0.146. The van der Waals surface area contributed by atoms with Crippen molar-refractivity contribution in [2.24, 2.45) is 5.41 Å². The second-order valence-corrected chi connectivity index (χ2v) is 6.16. The molecule has 2 rings (SSSR count). The number of hydrogen-bond donors (Lipinski definition) is 1. The van der Waals surface area contributed by atoms with Gasteiger partial charge in [-0.3, -0.25) is 9.69 Å². The van der Waals surface area contributed by atoms with E-state index in [2.05, 4.69) is 24.1 Å². The molecule has 1 fully saturated rings. The van der Waals surface area contributed by atoms with Crippen molar-refractivity contribution in [2.45, 2.75) is 32.7 Å². The zero-order valence-corrected chi connectivity index (χ0v) is 11.4. The normalized spacial score (nSPS) is 24.8. The molecule has 1 aliphatic rings. The van der Waals surface area contributed by atoms with Gasteiger partial charge in [-0.2, -0.15) is 0 Å². The van der Waals surface area contributed by atoms with Gasteiger partial charge in [0.1, 0.15) is 0 Å². The molecule has 1 amide bonds. The van der Waals surface area contributed by atoms with Gasteiger partial charge in [0.05, 0.1) is 6.04 Å². The van der Waals surface area contributed by atoms with Crippen LogP contribution in [0.5, 0.6) is 0 Å². The average Bonchev–Trinajstić information content (AvgIpc) is 2.76. The van der Waals surface area contributed by atoms with Crippen molar-refractivity contribution in [3.63, 3.8) is 0 Å². The van der Waals surface area contributed by atoms with Crippen LogP contribution in [0.15, 0.2) is 11.6 Å². The third-order valence-corrected chi connectivity index (χ3v) is 4.05. The van der Waals surface area contributed by atoms with Gasteiger partial charge in [-0.15, -0.1) is 11.3 Å². The number of carbonyl (C=O) groups is 1. The van der Waals surface area contributed by atoms with Crippen molar-refractivity contribution in [3.05, 3.63) is 11.6 Å². The van der Waals surface area contributed by atoms with E-state index in [1.807, 2.05) is 17.3 Å². The largest absolute Gasteiger partial charge is 0.309 e. The third-order valence-electron chi connectivity index (χ3n) is 3.26. The van der Waals surface area contributed by atoms with E-state index in [1.54, 1.807) is 6.20 Å². The Hall–Kier alpha value is -0.940. The van der Waals surface area contributed by atoms with Crippen molar-refractivity contribution in [2.75, 3.05) is 18.5 Å². The smallest absolute Gasteiger partial charge is 0.245 e. The zero-order chi connectivity index (χ0) is 12.5. The summed E-state index contributed by atoms with van der Waals surface area (Å²) in [6.45, 7) is 5.16. The van der Waals surface area contributed by atoms with Gasteiger partial charge in [-0.25, -0.2) is 4.98 Å². The Balaban J connectivity index is 2.29. The summed E-state index contributed by atoms with van der Waals surface area (Å²) < 4.78 is 0. The molecule has 1 N–H and O–H groups in total. The Morgan fingerprint density at radius 1 is 1.59 bits per heavy atom. The summed E-state index contributed by atoms with van der Waals surface area (Å²) in [6, 6.07) is -0.0827. The molecular weight excluding hydrogens is 234 g/mol. The Bertz CT molecular complexity index is 388. The minimum absolute atomic E-state index is 0.0827. The first-order chi connectivity index (χ1) is 8.03. The fourth-order valence-corrected chi connectivity index (χ4v) is 2.86. The highest BCUT2D eigenvalue weighted by atomic mass is 32.1. The number of anilines is 1. The van der Waals surface area contributed by atoms with Crippen molar-refractivity contribution < 1.29 is 4.79 Å². The highest BCUT2D eigenvalue weighted by molar-refractivity contribution is 7.13. The lowest BCUT2D eigenvalue weighted by Gasteiger charge is -2.28. The fraction of sp³-hybridized carbons (Fsp3) is 0.667. The van der Waals surface area contributed by atoms with Crippen molar-refractivity contribution in [1.29, 1.82) is 0 Å². The van der Waals surface area contributed by atoms with Gasteiger partial charge in [0.2, 0.25) is 5.91 Å². The van der Waals surface area contributed by atoms with Crippen LogP contribution < -0.4 is 10.2 Å². The van der Waals surface area contributed by atoms with Crippen LogP contribution in [0, 0.1) is 5.41 Å². The molecule has 0 spiro atoms. The molecular formula is C12H19N3OS. The SMILES string of the molecule is CNC1CCC(C)(C)CN(c2nccs2)C1=O. The lowest BCUT2D eigenvalue weighted by atomic mass is 9.87. The van der Waals surface area contributed by atoms with Crippen LogP contribution in [0.25, 0.3) is 0 Å². The van der Waals surface area contributed by atoms with Gasteiger partial charge in [0, 0.05) is 18.1 Å². The monoisotopic (exact) mass is 253 g/mol. The molecule has 17 heavy (non-hydrogen) atoms. The number of carbonyl (C=O) groups excluding carboxylic acids is 1. The predicted molar refractivity (Wildman–Crippen MR) is 70.3 cm³/mol. The molecule has 0 radical (unpaired) electrons. The number of thiazole rings is 1. The molecule has 1 aliphatic heterocycles. The second-order valence-electron chi connectivity index (χ2n) is 5.28. The van der Waals surface area contributed by atoms with Crippen molar-refractivity contribution >= 4 is 22.4 Å². The van der Waals surface area contributed by atoms with E-state index in [4.69, 9.17) is 0 Å². The molecule has 5 heteroatoms. The van der Waals surface area contributed by atoms with E-state index < -0.39 is 0 Å². The molecule has 1 atom stereocenters. The minimum Gasteiger partial charge on any atom is -0.309 e. The second kappa shape index (κ2) is 4.74. The number of nitrogens with one attached hydrogen (secondary N) is 1. The maximum atomic E-state index is 12.4. The number of aromatic nitrogens is 1. The molecule has 0 aromatic carbocycles. The lowest BCUT2D eigenvalue weighted by molar-refractivity contribution is -0.120. The molecule has 1 unspecified atom stereocenters. The quantitative estimate of drug-likeness (QED) is 0.875. The summed E-state index contributed by atoms with van der Waals surface area (Å²) >= 11 is 1.52. The van der Waals surface area contributed by atoms with Gasteiger partial charge in [0.15, 0.2) is 5.13 Å². The molecule has 94 valence electrons. The Morgan fingerprint density at radius 3 is 2.94 bits per heavy atom. The molecule has 4 nitrogen and oxygen atoms in total. The van der Waals surface area contributed by atoms with E-state index in [9.17, 15) is 4.79 Å². The van der Waals surface area contributed by atoms with Crippen molar-refractivity contribution in [1.82, 2.24) is 10.3 Å². The van der Waals surface area contributed by atoms with Crippen molar-refractivity contribution in [3.8, 4) is 0 Å². The molecule has 0 bridgehead atoms. The molecule has 1 aromatic rings. The van der Waals surface area contributed by atoms with Gasteiger partial charge < -0.3 is 5.32 Å². The lowest BCUT2D eigenvalue weighted by Crippen LogP contribution is -2.45. The van der Waals surface area contributed by atoms with Gasteiger partial charge >= 0.3 is 0 Å². The standard InChI is InChI=1S/C12H19N3OS/c1-12(2)5-4-9(13-3)10(16)15(8-12)11-14-6-7-17-11/h6-7,9,13H,4-5,8H2,1-3H3.